The highest BCUT2D eigenvalue weighted by molar-refractivity contribution is 5.74. The molecular formula is C14H19N5O5. The molecule has 0 spiro atoms. The van der Waals surface area contributed by atoms with Gasteiger partial charge < -0.3 is 29.9 Å². The highest BCUT2D eigenvalue weighted by atomic mass is 16.6. The maximum Gasteiger partial charge on any atom is 0.278 e. The maximum atomic E-state index is 12.1. The summed E-state index contributed by atoms with van der Waals surface area (Å²) in [4.78, 5) is 25.1. The molecule has 130 valence electrons. The molecule has 4 atom stereocenters. The predicted octanol–water partition coefficient (Wildman–Crippen LogP) is -1.67. The van der Waals surface area contributed by atoms with Crippen LogP contribution in [0.5, 0.6) is 0 Å². The number of nitrogens with one attached hydrogen (secondary N) is 1. The van der Waals surface area contributed by atoms with E-state index < -0.39 is 31.1 Å². The van der Waals surface area contributed by atoms with Gasteiger partial charge in [-0.3, -0.25) is 9.36 Å². The van der Waals surface area contributed by atoms with Crippen molar-refractivity contribution in [2.75, 3.05) is 24.6 Å². The van der Waals surface area contributed by atoms with Crippen LogP contribution in [0.4, 0.5) is 5.95 Å². The zero-order valence-corrected chi connectivity index (χ0v) is 12.9. The van der Waals surface area contributed by atoms with E-state index in [4.69, 9.17) is 4.74 Å². The number of H-pyrrole nitrogens is 1. The summed E-state index contributed by atoms with van der Waals surface area (Å²) < 4.78 is 7.16. The molecule has 2 aromatic heterocycles. The SMILES string of the molecule is O=c1[nH]cnc2c1nc(N1CCCC1)n2[C@H]1O[C@@H](CO)[C@@H](O)[C@H]1O. The van der Waals surface area contributed by atoms with E-state index in [1.54, 1.807) is 4.57 Å². The molecule has 0 bridgehead atoms. The summed E-state index contributed by atoms with van der Waals surface area (Å²) in [6.07, 6.45) is -1.11. The highest BCUT2D eigenvalue weighted by Crippen LogP contribution is 2.35. The summed E-state index contributed by atoms with van der Waals surface area (Å²) in [5.41, 5.74) is 0.0403. The van der Waals surface area contributed by atoms with Gasteiger partial charge in [-0.15, -0.1) is 0 Å². The van der Waals surface area contributed by atoms with Gasteiger partial charge in [-0.25, -0.2) is 9.97 Å². The molecule has 2 saturated heterocycles. The Hall–Kier alpha value is -2.01. The van der Waals surface area contributed by atoms with Gasteiger partial charge in [-0.1, -0.05) is 0 Å². The van der Waals surface area contributed by atoms with Crippen LogP contribution < -0.4 is 10.5 Å². The highest BCUT2D eigenvalue weighted by Gasteiger charge is 2.45. The zero-order chi connectivity index (χ0) is 16.8. The molecule has 0 aromatic carbocycles. The lowest BCUT2D eigenvalue weighted by Crippen LogP contribution is -2.34. The maximum absolute atomic E-state index is 12.1. The second kappa shape index (κ2) is 5.81. The molecule has 2 fully saturated rings. The van der Waals surface area contributed by atoms with E-state index in [2.05, 4.69) is 15.0 Å². The molecule has 2 aliphatic heterocycles. The van der Waals surface area contributed by atoms with Crippen molar-refractivity contribution in [3.8, 4) is 0 Å². The first-order chi connectivity index (χ1) is 11.6. The number of imidazole rings is 1. The van der Waals surface area contributed by atoms with Gasteiger partial charge in [-0.2, -0.15) is 0 Å². The van der Waals surface area contributed by atoms with Gasteiger partial charge in [0.05, 0.1) is 12.9 Å². The first-order valence-corrected chi connectivity index (χ1v) is 7.95. The van der Waals surface area contributed by atoms with E-state index in [9.17, 15) is 20.1 Å². The van der Waals surface area contributed by atoms with Crippen molar-refractivity contribution in [2.24, 2.45) is 0 Å². The third-order valence-corrected chi connectivity index (χ3v) is 4.63. The third kappa shape index (κ3) is 2.22. The van der Waals surface area contributed by atoms with Crippen LogP contribution in [0.15, 0.2) is 11.1 Å². The lowest BCUT2D eigenvalue weighted by Gasteiger charge is -2.23. The molecule has 0 saturated carbocycles. The number of fused-ring (bicyclic) bond motifs is 1. The number of rotatable bonds is 3. The fourth-order valence-corrected chi connectivity index (χ4v) is 3.38. The summed E-state index contributed by atoms with van der Waals surface area (Å²) in [6, 6.07) is 0. The number of anilines is 1. The summed E-state index contributed by atoms with van der Waals surface area (Å²) in [5.74, 6) is 0.474. The second-order valence-electron chi connectivity index (χ2n) is 6.11. The molecule has 4 N–H and O–H groups in total. The quantitative estimate of drug-likeness (QED) is 0.522. The van der Waals surface area contributed by atoms with Gasteiger partial charge in [0.15, 0.2) is 17.4 Å². The minimum atomic E-state index is -1.26. The molecule has 4 rings (SSSR count). The molecule has 10 heteroatoms. The number of aliphatic hydroxyl groups is 3. The largest absolute Gasteiger partial charge is 0.394 e. The van der Waals surface area contributed by atoms with E-state index in [0.29, 0.717) is 5.95 Å². The van der Waals surface area contributed by atoms with Crippen molar-refractivity contribution < 1.29 is 20.1 Å². The van der Waals surface area contributed by atoms with E-state index in [1.165, 1.54) is 6.33 Å². The van der Waals surface area contributed by atoms with Gasteiger partial charge >= 0.3 is 0 Å². The number of aliphatic hydroxyl groups excluding tert-OH is 3. The van der Waals surface area contributed by atoms with Gasteiger partial charge in [0.2, 0.25) is 5.95 Å². The number of hydrogen-bond acceptors (Lipinski definition) is 8. The summed E-state index contributed by atoms with van der Waals surface area (Å²) in [5, 5.41) is 29.7. The summed E-state index contributed by atoms with van der Waals surface area (Å²) >= 11 is 0. The van der Waals surface area contributed by atoms with Crippen molar-refractivity contribution in [2.45, 2.75) is 37.4 Å². The number of aromatic nitrogens is 4. The van der Waals surface area contributed by atoms with Gasteiger partial charge in [0, 0.05) is 13.1 Å². The monoisotopic (exact) mass is 337 g/mol. The van der Waals surface area contributed by atoms with Crippen LogP contribution in [-0.4, -0.2) is 72.8 Å². The first kappa shape index (κ1) is 15.5. The Balaban J connectivity index is 1.88. The number of nitrogens with zero attached hydrogens (tertiary/aromatic N) is 4. The predicted molar refractivity (Wildman–Crippen MR) is 82.6 cm³/mol. The van der Waals surface area contributed by atoms with Crippen LogP contribution in [0.2, 0.25) is 0 Å². The van der Waals surface area contributed by atoms with Gasteiger partial charge in [-0.05, 0) is 12.8 Å². The Morgan fingerprint density at radius 2 is 2.04 bits per heavy atom. The van der Waals surface area contributed by atoms with Crippen molar-refractivity contribution >= 4 is 17.1 Å². The molecule has 2 aliphatic rings. The topological polar surface area (TPSA) is 137 Å². The van der Waals surface area contributed by atoms with Crippen LogP contribution in [0.1, 0.15) is 19.1 Å². The Bertz CT molecular complexity index is 798. The molecule has 10 nitrogen and oxygen atoms in total. The molecule has 2 aromatic rings. The average Bonchev–Trinajstić information content (AvgIpc) is 3.27. The first-order valence-electron chi connectivity index (χ1n) is 7.95. The van der Waals surface area contributed by atoms with E-state index >= 15 is 0 Å². The Labute approximate surface area is 136 Å². The summed E-state index contributed by atoms with van der Waals surface area (Å²) in [6.45, 7) is 1.13. The lowest BCUT2D eigenvalue weighted by molar-refractivity contribution is -0.0504. The van der Waals surface area contributed by atoms with E-state index in [1.807, 2.05) is 4.90 Å². The molecule has 4 heterocycles. The van der Waals surface area contributed by atoms with Crippen molar-refractivity contribution in [3.63, 3.8) is 0 Å². The van der Waals surface area contributed by atoms with Crippen molar-refractivity contribution in [1.82, 2.24) is 19.5 Å². The van der Waals surface area contributed by atoms with Crippen LogP contribution in [-0.2, 0) is 4.74 Å². The number of aromatic amines is 1. The van der Waals surface area contributed by atoms with E-state index in [0.717, 1.165) is 25.9 Å². The average molecular weight is 337 g/mol. The normalized spacial score (nSPS) is 30.5. The van der Waals surface area contributed by atoms with Gasteiger partial charge in [0.1, 0.15) is 18.3 Å². The molecule has 0 aliphatic carbocycles. The Kier molecular flexibility index (Phi) is 3.76. The third-order valence-electron chi connectivity index (χ3n) is 4.63. The van der Waals surface area contributed by atoms with Gasteiger partial charge in [0.25, 0.3) is 5.56 Å². The smallest absolute Gasteiger partial charge is 0.278 e. The zero-order valence-electron chi connectivity index (χ0n) is 12.9. The number of ether oxygens (including phenoxy) is 1. The number of hydrogen-bond donors (Lipinski definition) is 4. The van der Waals surface area contributed by atoms with Crippen molar-refractivity contribution in [1.29, 1.82) is 0 Å². The van der Waals surface area contributed by atoms with Crippen LogP contribution in [0.3, 0.4) is 0 Å². The molecule has 0 amide bonds. The fraction of sp³-hybridized carbons (Fsp3) is 0.643. The van der Waals surface area contributed by atoms with Crippen LogP contribution >= 0.6 is 0 Å². The minimum absolute atomic E-state index is 0.150. The molecule has 0 unspecified atom stereocenters. The second-order valence-corrected chi connectivity index (χ2v) is 6.11. The van der Waals surface area contributed by atoms with E-state index in [-0.39, 0.29) is 16.7 Å². The Morgan fingerprint density at radius 3 is 2.71 bits per heavy atom. The van der Waals surface area contributed by atoms with Crippen LogP contribution in [0, 0.1) is 0 Å². The van der Waals surface area contributed by atoms with Crippen molar-refractivity contribution in [3.05, 3.63) is 16.7 Å². The molecular weight excluding hydrogens is 318 g/mol. The summed E-state index contributed by atoms with van der Waals surface area (Å²) in [7, 11) is 0. The lowest BCUT2D eigenvalue weighted by atomic mass is 10.1. The standard InChI is InChI=1S/C14H19N5O5/c20-5-7-9(21)10(22)13(24-7)19-11-8(12(23)16-6-15-11)17-14(19)18-3-1-2-4-18/h6-7,9-10,13,20-22H,1-5H2,(H,15,16,23)/t7-,9+,10+,13-/m0/s1. The Morgan fingerprint density at radius 1 is 1.29 bits per heavy atom. The van der Waals surface area contributed by atoms with Crippen LogP contribution in [0.25, 0.3) is 11.2 Å². The molecule has 0 radical (unpaired) electrons. The molecule has 24 heavy (non-hydrogen) atoms. The minimum Gasteiger partial charge on any atom is -0.394 e. The fourth-order valence-electron chi connectivity index (χ4n) is 3.38.